The molecule has 1 aliphatic rings. The smallest absolute Gasteiger partial charge is 0.246 e. The van der Waals surface area contributed by atoms with Gasteiger partial charge in [-0.05, 0) is 30.2 Å². The number of thioether (sulfide) groups is 1. The van der Waals surface area contributed by atoms with E-state index in [0.717, 1.165) is 36.5 Å². The van der Waals surface area contributed by atoms with Gasteiger partial charge in [0.05, 0.1) is 0 Å². The van der Waals surface area contributed by atoms with Crippen molar-refractivity contribution in [3.8, 4) is 0 Å². The van der Waals surface area contributed by atoms with Gasteiger partial charge >= 0.3 is 0 Å². The second-order valence-electron chi connectivity index (χ2n) is 6.60. The Morgan fingerprint density at radius 2 is 1.89 bits per heavy atom. The third kappa shape index (κ3) is 5.45. The average Bonchev–Trinajstić information content (AvgIpc) is 2.70. The molecule has 0 aliphatic carbocycles. The van der Waals surface area contributed by atoms with E-state index >= 15 is 0 Å². The summed E-state index contributed by atoms with van der Waals surface area (Å²) in [6.07, 6.45) is 4.53. The monoisotopic (exact) mass is 381 g/mol. The molecule has 4 nitrogen and oxygen atoms in total. The van der Waals surface area contributed by atoms with Crippen LogP contribution in [-0.4, -0.2) is 42.0 Å². The van der Waals surface area contributed by atoms with E-state index in [1.807, 2.05) is 54.6 Å². The molecule has 1 atom stereocenters. The molecule has 142 valence electrons. The number of piperazine rings is 1. The summed E-state index contributed by atoms with van der Waals surface area (Å²) >= 11 is 1.71. The van der Waals surface area contributed by atoms with Crippen LogP contribution >= 0.6 is 11.8 Å². The van der Waals surface area contributed by atoms with Crippen LogP contribution in [0.25, 0.3) is 6.08 Å². The molecule has 1 unspecified atom stereocenters. The normalized spacial score (nSPS) is 20.6. The van der Waals surface area contributed by atoms with Crippen molar-refractivity contribution in [2.24, 2.45) is 0 Å². The number of nitrogens with zero attached hydrogens (tertiary/aromatic N) is 1. The van der Waals surface area contributed by atoms with Gasteiger partial charge in [0.15, 0.2) is 4.99 Å². The molecule has 1 heterocycles. The van der Waals surface area contributed by atoms with Gasteiger partial charge in [-0.1, -0.05) is 67.2 Å². The molecule has 1 aliphatic heterocycles. The Labute approximate surface area is 166 Å². The molecule has 0 saturated carbocycles. The molecule has 2 aromatic rings. The molecule has 2 aromatic carbocycles. The molecule has 1 fully saturated rings. The van der Waals surface area contributed by atoms with Crippen molar-refractivity contribution < 1.29 is 4.79 Å². The highest BCUT2D eigenvalue weighted by atomic mass is 32.2. The van der Waals surface area contributed by atoms with Crippen LogP contribution < -0.4 is 10.6 Å². The number of hydrogen-bond acceptors (Lipinski definition) is 4. The third-order valence-corrected chi connectivity index (χ3v) is 5.85. The van der Waals surface area contributed by atoms with E-state index < -0.39 is 4.99 Å². The molecule has 0 aromatic heterocycles. The van der Waals surface area contributed by atoms with Crippen molar-refractivity contribution in [1.29, 1.82) is 0 Å². The maximum atomic E-state index is 12.8. The minimum Gasteiger partial charge on any atom is -0.324 e. The second kappa shape index (κ2) is 9.74. The molecule has 3 rings (SSSR count). The van der Waals surface area contributed by atoms with Gasteiger partial charge in [0.2, 0.25) is 5.91 Å². The van der Waals surface area contributed by atoms with Gasteiger partial charge in [-0.2, -0.15) is 0 Å². The Hall–Kier alpha value is -2.08. The fourth-order valence-electron chi connectivity index (χ4n) is 3.23. The fraction of sp³-hybridized carbons (Fsp3) is 0.318. The highest BCUT2D eigenvalue weighted by molar-refractivity contribution is 8.00. The van der Waals surface area contributed by atoms with Crippen molar-refractivity contribution in [2.75, 3.05) is 26.2 Å². The first-order valence-corrected chi connectivity index (χ1v) is 10.3. The van der Waals surface area contributed by atoms with E-state index in [-0.39, 0.29) is 5.91 Å². The summed E-state index contributed by atoms with van der Waals surface area (Å²) in [5, 5.41) is 6.75. The summed E-state index contributed by atoms with van der Waals surface area (Å²) < 4.78 is 0. The van der Waals surface area contributed by atoms with E-state index in [9.17, 15) is 4.79 Å². The lowest BCUT2D eigenvalue weighted by molar-refractivity contribution is -0.119. The van der Waals surface area contributed by atoms with Crippen LogP contribution in [0.2, 0.25) is 0 Å². The van der Waals surface area contributed by atoms with Gasteiger partial charge in [-0.25, -0.2) is 0 Å². The summed E-state index contributed by atoms with van der Waals surface area (Å²) in [5.74, 6) is -0.0768. The standard InChI is InChI=1S/C22H27N3OS/c1-2-16-25-17-15-23-18-22(25,27-20-11-7-4-8-12-20)24-21(26)14-13-19-9-5-3-6-10-19/h3-14,23H,2,15-18H2,1H3,(H,24,26). The lowest BCUT2D eigenvalue weighted by Gasteiger charge is -2.47. The quantitative estimate of drug-likeness (QED) is 0.568. The van der Waals surface area contributed by atoms with Gasteiger partial charge in [0.1, 0.15) is 0 Å². The molecule has 1 saturated heterocycles. The summed E-state index contributed by atoms with van der Waals surface area (Å²) in [6.45, 7) is 5.68. The number of nitrogens with one attached hydrogen (secondary N) is 2. The number of carbonyl (C=O) groups excluding carboxylic acids is 1. The summed E-state index contributed by atoms with van der Waals surface area (Å²) in [4.78, 5) is 15.8. The maximum Gasteiger partial charge on any atom is 0.246 e. The SMILES string of the molecule is CCCN1CCNCC1(NC(=O)C=Cc1ccccc1)Sc1ccccc1. The number of hydrogen-bond donors (Lipinski definition) is 2. The Balaban J connectivity index is 1.80. The molecule has 0 spiro atoms. The molecule has 5 heteroatoms. The Morgan fingerprint density at radius 1 is 1.19 bits per heavy atom. The fourth-order valence-corrected chi connectivity index (χ4v) is 4.55. The minimum atomic E-state index is -0.492. The van der Waals surface area contributed by atoms with E-state index in [0.29, 0.717) is 6.54 Å². The number of benzene rings is 2. The second-order valence-corrected chi connectivity index (χ2v) is 7.95. The Bertz CT molecular complexity index is 749. The van der Waals surface area contributed by atoms with Crippen LogP contribution in [0, 0.1) is 0 Å². The zero-order valence-corrected chi connectivity index (χ0v) is 16.5. The summed E-state index contributed by atoms with van der Waals surface area (Å²) in [7, 11) is 0. The first kappa shape index (κ1) is 19.7. The molecular weight excluding hydrogens is 354 g/mol. The van der Waals surface area contributed by atoms with Crippen LogP contribution in [-0.2, 0) is 4.79 Å². The lowest BCUT2D eigenvalue weighted by atomic mass is 10.2. The van der Waals surface area contributed by atoms with Crippen molar-refractivity contribution >= 4 is 23.7 Å². The third-order valence-electron chi connectivity index (χ3n) is 4.50. The number of carbonyl (C=O) groups is 1. The van der Waals surface area contributed by atoms with Crippen LogP contribution in [0.4, 0.5) is 0 Å². The minimum absolute atomic E-state index is 0.0768. The van der Waals surface area contributed by atoms with Gasteiger partial charge in [-0.15, -0.1) is 0 Å². The van der Waals surface area contributed by atoms with E-state index in [4.69, 9.17) is 0 Å². The predicted octanol–water partition coefficient (Wildman–Crippen LogP) is 3.58. The summed E-state index contributed by atoms with van der Waals surface area (Å²) in [6, 6.07) is 20.2. The van der Waals surface area contributed by atoms with Crippen molar-refractivity contribution in [1.82, 2.24) is 15.5 Å². The Morgan fingerprint density at radius 3 is 2.59 bits per heavy atom. The molecule has 2 N–H and O–H groups in total. The van der Waals surface area contributed by atoms with Gasteiger partial charge < -0.3 is 10.6 Å². The molecule has 1 amide bonds. The largest absolute Gasteiger partial charge is 0.324 e. The summed E-state index contributed by atoms with van der Waals surface area (Å²) in [5.41, 5.74) is 1.02. The zero-order valence-electron chi connectivity index (χ0n) is 15.7. The molecule has 0 radical (unpaired) electrons. The first-order chi connectivity index (χ1) is 13.2. The van der Waals surface area contributed by atoms with Gasteiger partial charge in [0, 0.05) is 37.2 Å². The van der Waals surface area contributed by atoms with Crippen molar-refractivity contribution in [3.63, 3.8) is 0 Å². The van der Waals surface area contributed by atoms with Crippen LogP contribution in [0.1, 0.15) is 18.9 Å². The molecule has 27 heavy (non-hydrogen) atoms. The average molecular weight is 382 g/mol. The number of amides is 1. The van der Waals surface area contributed by atoms with Crippen molar-refractivity contribution in [2.45, 2.75) is 23.2 Å². The van der Waals surface area contributed by atoms with E-state index in [1.54, 1.807) is 17.8 Å². The van der Waals surface area contributed by atoms with Crippen molar-refractivity contribution in [3.05, 3.63) is 72.3 Å². The zero-order chi connectivity index (χ0) is 19.0. The molecular formula is C22H27N3OS. The lowest BCUT2D eigenvalue weighted by Crippen LogP contribution is -2.67. The highest BCUT2D eigenvalue weighted by Crippen LogP contribution is 2.35. The van der Waals surface area contributed by atoms with Gasteiger partial charge in [0.25, 0.3) is 0 Å². The topological polar surface area (TPSA) is 44.4 Å². The van der Waals surface area contributed by atoms with E-state index in [1.165, 1.54) is 0 Å². The van der Waals surface area contributed by atoms with E-state index in [2.05, 4.69) is 34.6 Å². The highest BCUT2D eigenvalue weighted by Gasteiger charge is 2.40. The molecule has 0 bridgehead atoms. The number of rotatable bonds is 7. The maximum absolute atomic E-state index is 12.8. The van der Waals surface area contributed by atoms with Gasteiger partial charge in [-0.3, -0.25) is 9.69 Å². The van der Waals surface area contributed by atoms with Crippen LogP contribution in [0.3, 0.4) is 0 Å². The van der Waals surface area contributed by atoms with Crippen LogP contribution in [0.15, 0.2) is 71.6 Å². The Kier molecular flexibility index (Phi) is 7.10. The van der Waals surface area contributed by atoms with Crippen LogP contribution in [0.5, 0.6) is 0 Å². The first-order valence-electron chi connectivity index (χ1n) is 9.47. The predicted molar refractivity (Wildman–Crippen MR) is 113 cm³/mol.